The molecule has 0 radical (unpaired) electrons. The second kappa shape index (κ2) is 7.99. The van der Waals surface area contributed by atoms with Crippen molar-refractivity contribution in [3.05, 3.63) is 74.1 Å². The Kier molecular flexibility index (Phi) is 5.64. The molecule has 0 N–H and O–H groups in total. The van der Waals surface area contributed by atoms with Crippen LogP contribution in [0.1, 0.15) is 43.0 Å². The number of benzene rings is 2. The zero-order chi connectivity index (χ0) is 22.5. The molecule has 2 aliphatic rings. The largest absolute Gasteiger partial charge is 0.365 e. The molecule has 6 heteroatoms. The van der Waals surface area contributed by atoms with Gasteiger partial charge in [0.2, 0.25) is 0 Å². The van der Waals surface area contributed by atoms with E-state index in [4.69, 9.17) is 0 Å². The molecule has 4 rings (SSSR count). The van der Waals surface area contributed by atoms with Gasteiger partial charge in [-0.2, -0.15) is 0 Å². The summed E-state index contributed by atoms with van der Waals surface area (Å²) in [4.78, 5) is 29.6. The standard InChI is InChI=1S/C25H25BrN2O2S/c1-15-10-21-20(16(2)13-25(3,4)27(21)5)11-18(15)12-22-23(29)28(24(30)31-22)14-17-6-8-19(26)9-7-17/h6-13H,14H2,1-5H3/b22-12+. The van der Waals surface area contributed by atoms with Crippen LogP contribution in [0.5, 0.6) is 0 Å². The molecule has 0 aromatic heterocycles. The third-order valence-electron chi connectivity index (χ3n) is 6.02. The number of carbonyl (C=O) groups is 2. The third kappa shape index (κ3) is 4.11. The van der Waals surface area contributed by atoms with Crippen LogP contribution >= 0.6 is 27.7 Å². The predicted molar refractivity (Wildman–Crippen MR) is 133 cm³/mol. The highest BCUT2D eigenvalue weighted by Crippen LogP contribution is 2.40. The highest BCUT2D eigenvalue weighted by atomic mass is 79.9. The number of hydrogen-bond acceptors (Lipinski definition) is 4. The van der Waals surface area contributed by atoms with Gasteiger partial charge in [-0.15, -0.1) is 0 Å². The fourth-order valence-corrected chi connectivity index (χ4v) is 5.12. The Hall–Kier alpha value is -2.31. The third-order valence-corrected chi connectivity index (χ3v) is 7.45. The highest BCUT2D eigenvalue weighted by molar-refractivity contribution is 9.10. The van der Waals surface area contributed by atoms with Crippen molar-refractivity contribution in [2.45, 2.75) is 39.8 Å². The maximum atomic E-state index is 13.0. The van der Waals surface area contributed by atoms with Gasteiger partial charge in [-0.05, 0) is 92.1 Å². The topological polar surface area (TPSA) is 40.6 Å². The molecule has 2 aromatic carbocycles. The summed E-state index contributed by atoms with van der Waals surface area (Å²) < 4.78 is 0.964. The summed E-state index contributed by atoms with van der Waals surface area (Å²) >= 11 is 4.42. The number of hydrogen-bond donors (Lipinski definition) is 0. The lowest BCUT2D eigenvalue weighted by Gasteiger charge is -2.41. The van der Waals surface area contributed by atoms with Gasteiger partial charge in [0.05, 0.1) is 17.0 Å². The Balaban J connectivity index is 1.65. The summed E-state index contributed by atoms with van der Waals surface area (Å²) in [6, 6.07) is 12.0. The average Bonchev–Trinajstić information content (AvgIpc) is 2.96. The molecule has 31 heavy (non-hydrogen) atoms. The number of thioether (sulfide) groups is 1. The van der Waals surface area contributed by atoms with Crippen LogP contribution in [-0.2, 0) is 11.3 Å². The normalized spacial score (nSPS) is 19.2. The molecule has 0 unspecified atom stereocenters. The number of aryl methyl sites for hydroxylation is 1. The van der Waals surface area contributed by atoms with Crippen molar-refractivity contribution in [3.8, 4) is 0 Å². The van der Waals surface area contributed by atoms with Crippen LogP contribution in [0.15, 0.2) is 51.9 Å². The van der Waals surface area contributed by atoms with E-state index < -0.39 is 0 Å². The summed E-state index contributed by atoms with van der Waals surface area (Å²) in [5.74, 6) is -0.236. The van der Waals surface area contributed by atoms with Crippen molar-refractivity contribution in [2.24, 2.45) is 0 Å². The lowest BCUT2D eigenvalue weighted by Crippen LogP contribution is -2.42. The fraction of sp³-hybridized carbons (Fsp3) is 0.280. The quantitative estimate of drug-likeness (QED) is 0.447. The Morgan fingerprint density at radius 1 is 1.10 bits per heavy atom. The minimum absolute atomic E-state index is 0.0548. The molecule has 2 amide bonds. The second-order valence-corrected chi connectivity index (χ2v) is 10.6. The number of rotatable bonds is 3. The van der Waals surface area contributed by atoms with E-state index in [0.717, 1.165) is 38.5 Å². The van der Waals surface area contributed by atoms with Crippen molar-refractivity contribution >= 4 is 56.2 Å². The van der Waals surface area contributed by atoms with E-state index in [1.54, 1.807) is 0 Å². The van der Waals surface area contributed by atoms with Crippen LogP contribution in [0.3, 0.4) is 0 Å². The van der Waals surface area contributed by atoms with E-state index in [1.807, 2.05) is 37.3 Å². The number of allylic oxidation sites excluding steroid dienone is 1. The monoisotopic (exact) mass is 496 g/mol. The van der Waals surface area contributed by atoms with Crippen molar-refractivity contribution < 1.29 is 9.59 Å². The highest BCUT2D eigenvalue weighted by Gasteiger charge is 2.35. The Labute approximate surface area is 196 Å². The van der Waals surface area contributed by atoms with Gasteiger partial charge in [0, 0.05) is 22.8 Å². The zero-order valence-corrected chi connectivity index (χ0v) is 20.7. The van der Waals surface area contributed by atoms with Crippen LogP contribution in [0.25, 0.3) is 11.6 Å². The van der Waals surface area contributed by atoms with Gasteiger partial charge >= 0.3 is 0 Å². The van der Waals surface area contributed by atoms with Crippen LogP contribution in [-0.4, -0.2) is 28.6 Å². The smallest absolute Gasteiger partial charge is 0.293 e. The number of fused-ring (bicyclic) bond motifs is 1. The molecule has 0 atom stereocenters. The molecule has 1 fully saturated rings. The van der Waals surface area contributed by atoms with Gasteiger partial charge in [-0.25, -0.2) is 0 Å². The predicted octanol–water partition coefficient (Wildman–Crippen LogP) is 6.63. The first-order valence-electron chi connectivity index (χ1n) is 10.1. The van der Waals surface area contributed by atoms with Crippen molar-refractivity contribution in [1.29, 1.82) is 0 Å². The van der Waals surface area contributed by atoms with Crippen LogP contribution in [0.2, 0.25) is 0 Å². The minimum Gasteiger partial charge on any atom is -0.365 e. The van der Waals surface area contributed by atoms with Gasteiger partial charge in [0.25, 0.3) is 11.1 Å². The average molecular weight is 497 g/mol. The molecular weight excluding hydrogens is 472 g/mol. The van der Waals surface area contributed by atoms with E-state index in [1.165, 1.54) is 16.2 Å². The zero-order valence-electron chi connectivity index (χ0n) is 18.3. The van der Waals surface area contributed by atoms with Crippen molar-refractivity contribution in [3.63, 3.8) is 0 Å². The van der Waals surface area contributed by atoms with Crippen molar-refractivity contribution in [2.75, 3.05) is 11.9 Å². The van der Waals surface area contributed by atoms with Crippen LogP contribution in [0.4, 0.5) is 10.5 Å². The van der Waals surface area contributed by atoms with Gasteiger partial charge < -0.3 is 4.90 Å². The summed E-state index contributed by atoms with van der Waals surface area (Å²) in [5, 5.41) is -0.229. The van der Waals surface area contributed by atoms with E-state index in [0.29, 0.717) is 4.91 Å². The summed E-state index contributed by atoms with van der Waals surface area (Å²) in [5.41, 5.74) is 6.47. The Morgan fingerprint density at radius 3 is 2.45 bits per heavy atom. The summed E-state index contributed by atoms with van der Waals surface area (Å²) in [6.45, 7) is 8.85. The van der Waals surface area contributed by atoms with E-state index in [-0.39, 0.29) is 23.2 Å². The molecule has 2 aliphatic heterocycles. The minimum atomic E-state index is -0.236. The second-order valence-electron chi connectivity index (χ2n) is 8.66. The molecule has 0 bridgehead atoms. The lowest BCUT2D eigenvalue weighted by molar-refractivity contribution is -0.123. The van der Waals surface area contributed by atoms with E-state index >= 15 is 0 Å². The molecule has 0 saturated carbocycles. The Morgan fingerprint density at radius 2 is 1.77 bits per heavy atom. The summed E-state index contributed by atoms with van der Waals surface area (Å²) in [7, 11) is 2.11. The summed E-state index contributed by atoms with van der Waals surface area (Å²) in [6.07, 6.45) is 4.12. The van der Waals surface area contributed by atoms with Gasteiger partial charge in [0.1, 0.15) is 0 Å². The fourth-order valence-electron chi connectivity index (χ4n) is 4.02. The number of nitrogens with zero attached hydrogens (tertiary/aromatic N) is 2. The molecule has 2 aromatic rings. The number of imide groups is 1. The molecule has 160 valence electrons. The van der Waals surface area contributed by atoms with E-state index in [9.17, 15) is 9.59 Å². The molecular formula is C25H25BrN2O2S. The number of amides is 2. The number of carbonyl (C=O) groups excluding carboxylic acids is 2. The molecule has 0 aliphatic carbocycles. The number of halogens is 1. The van der Waals surface area contributed by atoms with Crippen LogP contribution in [0, 0.1) is 6.92 Å². The van der Waals surface area contributed by atoms with Crippen molar-refractivity contribution in [1.82, 2.24) is 4.90 Å². The molecule has 2 heterocycles. The van der Waals surface area contributed by atoms with Crippen LogP contribution < -0.4 is 4.90 Å². The first kappa shape index (κ1) is 21.9. The molecule has 1 saturated heterocycles. The lowest BCUT2D eigenvalue weighted by atomic mass is 9.87. The van der Waals surface area contributed by atoms with Gasteiger partial charge in [0.15, 0.2) is 0 Å². The number of likely N-dealkylation sites (N-methyl/N-ethyl adjacent to an activating group) is 1. The van der Waals surface area contributed by atoms with Gasteiger partial charge in [-0.1, -0.05) is 34.1 Å². The molecule has 4 nitrogen and oxygen atoms in total. The maximum absolute atomic E-state index is 13.0. The first-order valence-corrected chi connectivity index (χ1v) is 11.8. The Bertz CT molecular complexity index is 1150. The van der Waals surface area contributed by atoms with E-state index in [2.05, 4.69) is 66.9 Å². The first-order chi connectivity index (χ1) is 14.6. The maximum Gasteiger partial charge on any atom is 0.293 e. The van der Waals surface area contributed by atoms with Gasteiger partial charge in [-0.3, -0.25) is 14.5 Å². The number of anilines is 1. The SMILES string of the molecule is CC1=CC(C)(C)N(C)c2cc(C)c(/C=C3/SC(=O)N(Cc4ccc(Br)cc4)C3=O)cc21. The molecule has 0 spiro atoms.